The Hall–Kier alpha value is -2.41. The van der Waals surface area contributed by atoms with Crippen LogP contribution < -0.4 is 10.1 Å². The zero-order valence-electron chi connectivity index (χ0n) is 14.3. The quantitative estimate of drug-likeness (QED) is 0.904. The van der Waals surface area contributed by atoms with Gasteiger partial charge in [0.15, 0.2) is 5.13 Å². The van der Waals surface area contributed by atoms with E-state index in [4.69, 9.17) is 4.74 Å². The molecule has 2 heterocycles. The maximum Gasteiger partial charge on any atom is 0.418 e. The Morgan fingerprint density at radius 1 is 1.32 bits per heavy atom. The molecule has 0 fully saturated rings. The average molecular weight is 359 g/mol. The highest BCUT2D eigenvalue weighted by atomic mass is 32.1. The molecule has 0 saturated heterocycles. The number of carbonyl (C=O) groups excluding carboxylic acids is 2. The van der Waals surface area contributed by atoms with Gasteiger partial charge >= 0.3 is 6.09 Å². The molecule has 0 unspecified atom stereocenters. The molecule has 0 radical (unpaired) electrons. The molecule has 0 atom stereocenters. The van der Waals surface area contributed by atoms with Crippen LogP contribution in [0.3, 0.4) is 0 Å². The zero-order chi connectivity index (χ0) is 17.8. The van der Waals surface area contributed by atoms with Crippen LogP contribution in [0.5, 0.6) is 5.75 Å². The number of benzene rings is 1. The molecule has 2 aromatic rings. The van der Waals surface area contributed by atoms with Crippen molar-refractivity contribution in [3.8, 4) is 5.75 Å². The molecule has 25 heavy (non-hydrogen) atoms. The molecule has 7 heteroatoms. The van der Waals surface area contributed by atoms with Crippen LogP contribution in [0.25, 0.3) is 0 Å². The summed E-state index contributed by atoms with van der Waals surface area (Å²) in [6.07, 6.45) is 0.707. The Bertz CT molecular complexity index is 758. The highest BCUT2D eigenvalue weighted by Gasteiger charge is 2.25. The Balaban J connectivity index is 1.60. The minimum Gasteiger partial charge on any atom is -0.410 e. The monoisotopic (exact) mass is 359 g/mol. The van der Waals surface area contributed by atoms with E-state index >= 15 is 0 Å². The summed E-state index contributed by atoms with van der Waals surface area (Å²) >= 11 is 1.40. The van der Waals surface area contributed by atoms with E-state index < -0.39 is 6.09 Å². The lowest BCUT2D eigenvalue weighted by atomic mass is 10.1. The average Bonchev–Trinajstić information content (AvgIpc) is 2.96. The second kappa shape index (κ2) is 7.65. The lowest BCUT2D eigenvalue weighted by molar-refractivity contribution is -0.132. The molecule has 2 amide bonds. The molecule has 0 aliphatic carbocycles. The highest BCUT2D eigenvalue weighted by Crippen LogP contribution is 2.29. The minimum atomic E-state index is -0.565. The first-order valence-corrected chi connectivity index (χ1v) is 9.13. The third kappa shape index (κ3) is 4.57. The predicted octanol–water partition coefficient (Wildman–Crippen LogP) is 3.68. The van der Waals surface area contributed by atoms with Crippen molar-refractivity contribution >= 4 is 28.5 Å². The lowest BCUT2D eigenvalue weighted by Gasteiger charge is -2.26. The van der Waals surface area contributed by atoms with E-state index in [2.05, 4.69) is 10.3 Å². The molecule has 132 valence electrons. The van der Waals surface area contributed by atoms with Gasteiger partial charge in [0.2, 0.25) is 5.91 Å². The molecule has 6 nitrogen and oxygen atoms in total. The summed E-state index contributed by atoms with van der Waals surface area (Å²) in [5, 5.41) is 3.17. The maximum absolute atomic E-state index is 12.2. The number of carbonyl (C=O) groups is 2. The fourth-order valence-corrected chi connectivity index (χ4v) is 3.66. The standard InChI is InChI=1S/C18H21N3O3S/c1-12(2)10-16(22)21-9-8-14-15(11-21)25-17(19-14)20-18(23)24-13-6-4-3-5-7-13/h3-7,12H,8-11H2,1-2H3,(H,19,20,23). The molecule has 1 aliphatic rings. The van der Waals surface area contributed by atoms with Crippen LogP contribution in [-0.4, -0.2) is 28.4 Å². The van der Waals surface area contributed by atoms with Gasteiger partial charge in [0.25, 0.3) is 0 Å². The van der Waals surface area contributed by atoms with E-state index in [-0.39, 0.29) is 5.91 Å². The Morgan fingerprint density at radius 3 is 2.80 bits per heavy atom. The van der Waals surface area contributed by atoms with Gasteiger partial charge in [0, 0.05) is 24.3 Å². The minimum absolute atomic E-state index is 0.173. The fourth-order valence-electron chi connectivity index (χ4n) is 2.65. The number of rotatable bonds is 4. The summed E-state index contributed by atoms with van der Waals surface area (Å²) in [5.41, 5.74) is 0.952. The number of thiazole rings is 1. The Kier molecular flexibility index (Phi) is 5.33. The SMILES string of the molecule is CC(C)CC(=O)N1CCc2nc(NC(=O)Oc3ccccc3)sc2C1. The van der Waals surface area contributed by atoms with Crippen molar-refractivity contribution in [2.45, 2.75) is 33.2 Å². The molecule has 1 aromatic carbocycles. The van der Waals surface area contributed by atoms with Gasteiger partial charge < -0.3 is 9.64 Å². The second-order valence-electron chi connectivity index (χ2n) is 6.38. The van der Waals surface area contributed by atoms with E-state index in [9.17, 15) is 9.59 Å². The zero-order valence-corrected chi connectivity index (χ0v) is 15.1. The molecule has 1 aromatic heterocycles. The van der Waals surface area contributed by atoms with Crippen molar-refractivity contribution in [2.24, 2.45) is 5.92 Å². The van der Waals surface area contributed by atoms with E-state index in [1.54, 1.807) is 24.3 Å². The van der Waals surface area contributed by atoms with Crippen molar-refractivity contribution in [2.75, 3.05) is 11.9 Å². The van der Waals surface area contributed by atoms with Crippen LogP contribution in [0.15, 0.2) is 30.3 Å². The number of hydrogen-bond donors (Lipinski definition) is 1. The number of ether oxygens (including phenoxy) is 1. The number of nitrogens with one attached hydrogen (secondary N) is 1. The van der Waals surface area contributed by atoms with Crippen LogP contribution in [0.4, 0.5) is 9.93 Å². The van der Waals surface area contributed by atoms with Gasteiger partial charge in [0.05, 0.1) is 12.2 Å². The maximum atomic E-state index is 12.2. The number of para-hydroxylation sites is 1. The second-order valence-corrected chi connectivity index (χ2v) is 7.46. The fraction of sp³-hybridized carbons (Fsp3) is 0.389. The number of hydrogen-bond acceptors (Lipinski definition) is 5. The summed E-state index contributed by atoms with van der Waals surface area (Å²) in [6.45, 7) is 5.32. The first kappa shape index (κ1) is 17.4. The predicted molar refractivity (Wildman–Crippen MR) is 96.8 cm³/mol. The van der Waals surface area contributed by atoms with Gasteiger partial charge in [-0.15, -0.1) is 0 Å². The van der Waals surface area contributed by atoms with Gasteiger partial charge in [-0.3, -0.25) is 10.1 Å². The van der Waals surface area contributed by atoms with Gasteiger partial charge in [-0.1, -0.05) is 43.4 Å². The third-order valence-electron chi connectivity index (χ3n) is 3.83. The first-order chi connectivity index (χ1) is 12.0. The van der Waals surface area contributed by atoms with Gasteiger partial charge in [-0.05, 0) is 18.1 Å². The lowest BCUT2D eigenvalue weighted by Crippen LogP contribution is -2.36. The number of aromatic nitrogens is 1. The molecular weight excluding hydrogens is 338 g/mol. The Morgan fingerprint density at radius 2 is 2.08 bits per heavy atom. The van der Waals surface area contributed by atoms with E-state index in [0.717, 1.165) is 10.6 Å². The Labute approximate surface area is 150 Å². The molecule has 1 aliphatic heterocycles. The van der Waals surface area contributed by atoms with Gasteiger partial charge in [0.1, 0.15) is 5.75 Å². The summed E-state index contributed by atoms with van der Waals surface area (Å²) in [6, 6.07) is 8.88. The van der Waals surface area contributed by atoms with Crippen LogP contribution in [0.2, 0.25) is 0 Å². The number of amides is 2. The van der Waals surface area contributed by atoms with Crippen LogP contribution in [0.1, 0.15) is 30.8 Å². The van der Waals surface area contributed by atoms with Crippen LogP contribution in [-0.2, 0) is 17.8 Å². The smallest absolute Gasteiger partial charge is 0.410 e. The number of nitrogens with zero attached hydrogens (tertiary/aromatic N) is 2. The number of fused-ring (bicyclic) bond motifs is 1. The van der Waals surface area contributed by atoms with Gasteiger partial charge in [-0.25, -0.2) is 9.78 Å². The van der Waals surface area contributed by atoms with Gasteiger partial charge in [-0.2, -0.15) is 0 Å². The molecule has 0 spiro atoms. The van der Waals surface area contributed by atoms with E-state index in [0.29, 0.717) is 42.7 Å². The molecule has 0 bridgehead atoms. The molecule has 1 N–H and O–H groups in total. The van der Waals surface area contributed by atoms with Crippen molar-refractivity contribution < 1.29 is 14.3 Å². The largest absolute Gasteiger partial charge is 0.418 e. The van der Waals surface area contributed by atoms with E-state index in [1.807, 2.05) is 24.8 Å². The molecule has 3 rings (SSSR count). The summed E-state index contributed by atoms with van der Waals surface area (Å²) in [4.78, 5) is 31.5. The summed E-state index contributed by atoms with van der Waals surface area (Å²) < 4.78 is 5.21. The normalized spacial score (nSPS) is 13.5. The van der Waals surface area contributed by atoms with Crippen molar-refractivity contribution in [1.29, 1.82) is 0 Å². The van der Waals surface area contributed by atoms with Crippen LogP contribution >= 0.6 is 11.3 Å². The first-order valence-electron chi connectivity index (χ1n) is 8.31. The number of anilines is 1. The van der Waals surface area contributed by atoms with Crippen molar-refractivity contribution in [1.82, 2.24) is 9.88 Å². The van der Waals surface area contributed by atoms with Crippen molar-refractivity contribution in [3.63, 3.8) is 0 Å². The topological polar surface area (TPSA) is 71.5 Å². The third-order valence-corrected chi connectivity index (χ3v) is 4.83. The van der Waals surface area contributed by atoms with E-state index in [1.165, 1.54) is 11.3 Å². The molecular formula is C18H21N3O3S. The van der Waals surface area contributed by atoms with Crippen LogP contribution in [0, 0.1) is 5.92 Å². The van der Waals surface area contributed by atoms with Crippen molar-refractivity contribution in [3.05, 3.63) is 40.9 Å². The highest BCUT2D eigenvalue weighted by molar-refractivity contribution is 7.15. The summed E-state index contributed by atoms with van der Waals surface area (Å²) in [5.74, 6) is 0.999. The molecule has 0 saturated carbocycles. The summed E-state index contributed by atoms with van der Waals surface area (Å²) in [7, 11) is 0.